The highest BCUT2D eigenvalue weighted by molar-refractivity contribution is 7.11. The molecule has 1 aromatic carbocycles. The number of rotatable bonds is 8. The van der Waals surface area contributed by atoms with E-state index in [1.807, 2.05) is 32.0 Å². The van der Waals surface area contributed by atoms with Gasteiger partial charge in [0.15, 0.2) is 0 Å². The normalized spacial score (nSPS) is 12.0. The number of aryl methyl sites for hydroxylation is 1. The summed E-state index contributed by atoms with van der Waals surface area (Å²) in [7, 11) is 1.89. The summed E-state index contributed by atoms with van der Waals surface area (Å²) in [6.07, 6.45) is 3.39. The number of nitrogens with zero attached hydrogens (tertiary/aromatic N) is 2. The minimum atomic E-state index is -0.378. The molecule has 0 aliphatic heterocycles. The summed E-state index contributed by atoms with van der Waals surface area (Å²) in [6, 6.07) is 10.1. The van der Waals surface area contributed by atoms with Crippen LogP contribution in [0.2, 0.25) is 0 Å². The van der Waals surface area contributed by atoms with Crippen molar-refractivity contribution in [1.82, 2.24) is 15.2 Å². The first kappa shape index (κ1) is 20.8. The molecule has 0 bridgehead atoms. The SMILES string of the molecule is Cc1ncc(CN(C)C(C)C(=O)Nc2ccccc2C(=O)NCc2ccco2)s1. The summed E-state index contributed by atoms with van der Waals surface area (Å²) in [4.78, 5) is 32.6. The highest BCUT2D eigenvalue weighted by atomic mass is 32.1. The number of anilines is 1. The molecule has 0 fully saturated rings. The van der Waals surface area contributed by atoms with Gasteiger partial charge in [-0.05, 0) is 45.2 Å². The number of aromatic nitrogens is 1. The van der Waals surface area contributed by atoms with Crippen LogP contribution in [0.3, 0.4) is 0 Å². The van der Waals surface area contributed by atoms with Crippen LogP contribution in [0.15, 0.2) is 53.3 Å². The Bertz CT molecular complexity index is 968. The van der Waals surface area contributed by atoms with Crippen molar-refractivity contribution in [3.8, 4) is 0 Å². The van der Waals surface area contributed by atoms with Crippen molar-refractivity contribution in [1.29, 1.82) is 0 Å². The maximum absolute atomic E-state index is 12.8. The molecule has 29 heavy (non-hydrogen) atoms. The summed E-state index contributed by atoms with van der Waals surface area (Å²) in [6.45, 7) is 4.70. The van der Waals surface area contributed by atoms with Crippen molar-refractivity contribution < 1.29 is 14.0 Å². The number of furan rings is 1. The van der Waals surface area contributed by atoms with Gasteiger partial charge in [-0.15, -0.1) is 11.3 Å². The maximum Gasteiger partial charge on any atom is 0.253 e. The van der Waals surface area contributed by atoms with E-state index in [1.54, 1.807) is 54.0 Å². The molecular weight excluding hydrogens is 388 g/mol. The monoisotopic (exact) mass is 412 g/mol. The summed E-state index contributed by atoms with van der Waals surface area (Å²) in [5, 5.41) is 6.68. The largest absolute Gasteiger partial charge is 0.467 e. The number of amides is 2. The Balaban J connectivity index is 1.62. The Morgan fingerprint density at radius 1 is 1.24 bits per heavy atom. The Labute approximate surface area is 173 Å². The second kappa shape index (κ2) is 9.49. The lowest BCUT2D eigenvalue weighted by atomic mass is 10.1. The number of thiazole rings is 1. The topological polar surface area (TPSA) is 87.5 Å². The van der Waals surface area contributed by atoms with E-state index in [1.165, 1.54) is 0 Å². The van der Waals surface area contributed by atoms with Crippen molar-refractivity contribution >= 4 is 28.8 Å². The minimum Gasteiger partial charge on any atom is -0.467 e. The molecule has 3 aromatic rings. The molecule has 1 atom stereocenters. The smallest absolute Gasteiger partial charge is 0.253 e. The van der Waals surface area contributed by atoms with Crippen molar-refractivity contribution in [3.63, 3.8) is 0 Å². The Kier molecular flexibility index (Phi) is 6.79. The van der Waals surface area contributed by atoms with Crippen LogP contribution in [-0.4, -0.2) is 34.8 Å². The van der Waals surface area contributed by atoms with Crippen LogP contribution in [-0.2, 0) is 17.9 Å². The van der Waals surface area contributed by atoms with Crippen molar-refractivity contribution in [3.05, 3.63) is 70.1 Å². The number of hydrogen-bond acceptors (Lipinski definition) is 6. The van der Waals surface area contributed by atoms with Gasteiger partial charge in [0.25, 0.3) is 5.91 Å². The lowest BCUT2D eigenvalue weighted by Crippen LogP contribution is -2.39. The van der Waals surface area contributed by atoms with Crippen molar-refractivity contribution in [2.75, 3.05) is 12.4 Å². The first-order chi connectivity index (χ1) is 13.9. The fraction of sp³-hybridized carbons (Fsp3) is 0.286. The van der Waals surface area contributed by atoms with Crippen LogP contribution >= 0.6 is 11.3 Å². The molecule has 1 unspecified atom stereocenters. The molecule has 8 heteroatoms. The molecule has 0 saturated heterocycles. The fourth-order valence-corrected chi connectivity index (χ4v) is 3.62. The Hall–Kier alpha value is -2.97. The fourth-order valence-electron chi connectivity index (χ4n) is 2.76. The average Bonchev–Trinajstić information content (AvgIpc) is 3.37. The van der Waals surface area contributed by atoms with Gasteiger partial charge in [0.05, 0.1) is 35.1 Å². The molecule has 0 saturated carbocycles. The van der Waals surface area contributed by atoms with E-state index in [4.69, 9.17) is 4.42 Å². The molecule has 2 N–H and O–H groups in total. The Morgan fingerprint density at radius 2 is 2.03 bits per heavy atom. The van der Waals surface area contributed by atoms with Crippen LogP contribution < -0.4 is 10.6 Å². The third kappa shape index (κ3) is 5.52. The third-order valence-corrected chi connectivity index (χ3v) is 5.45. The first-order valence-corrected chi connectivity index (χ1v) is 10.1. The number of hydrogen-bond donors (Lipinski definition) is 2. The molecule has 7 nitrogen and oxygen atoms in total. The van der Waals surface area contributed by atoms with Crippen LogP contribution in [0.4, 0.5) is 5.69 Å². The maximum atomic E-state index is 12.8. The number of nitrogens with one attached hydrogen (secondary N) is 2. The molecule has 0 radical (unpaired) electrons. The van der Waals surface area contributed by atoms with Gasteiger partial charge in [-0.25, -0.2) is 4.98 Å². The zero-order valence-electron chi connectivity index (χ0n) is 16.6. The number of carbonyl (C=O) groups excluding carboxylic acids is 2. The number of para-hydroxylation sites is 1. The van der Waals surface area contributed by atoms with Crippen LogP contribution in [0.25, 0.3) is 0 Å². The lowest BCUT2D eigenvalue weighted by molar-refractivity contribution is -0.120. The van der Waals surface area contributed by atoms with Gasteiger partial charge in [-0.3, -0.25) is 14.5 Å². The predicted molar refractivity (Wildman–Crippen MR) is 113 cm³/mol. The van der Waals surface area contributed by atoms with Crippen LogP contribution in [0.5, 0.6) is 0 Å². The van der Waals surface area contributed by atoms with E-state index in [0.29, 0.717) is 23.6 Å². The molecule has 0 spiro atoms. The van der Waals surface area contributed by atoms with Gasteiger partial charge in [-0.2, -0.15) is 0 Å². The molecule has 0 aliphatic rings. The van der Waals surface area contributed by atoms with Crippen LogP contribution in [0.1, 0.15) is 32.9 Å². The summed E-state index contributed by atoms with van der Waals surface area (Å²) in [5.74, 6) is 0.201. The van der Waals surface area contributed by atoms with Crippen molar-refractivity contribution in [2.45, 2.75) is 33.0 Å². The molecule has 3 rings (SSSR count). The zero-order valence-corrected chi connectivity index (χ0v) is 17.5. The Morgan fingerprint density at radius 3 is 2.72 bits per heavy atom. The van der Waals surface area contributed by atoms with E-state index in [0.717, 1.165) is 9.88 Å². The molecule has 2 aromatic heterocycles. The molecule has 2 amide bonds. The van der Waals surface area contributed by atoms with Gasteiger partial charge in [-0.1, -0.05) is 12.1 Å². The summed E-state index contributed by atoms with van der Waals surface area (Å²) in [5.41, 5.74) is 0.878. The summed E-state index contributed by atoms with van der Waals surface area (Å²) >= 11 is 1.61. The number of carbonyl (C=O) groups is 2. The average molecular weight is 413 g/mol. The van der Waals surface area contributed by atoms with E-state index >= 15 is 0 Å². The number of likely N-dealkylation sites (N-methyl/N-ethyl adjacent to an activating group) is 1. The van der Waals surface area contributed by atoms with Crippen LogP contribution in [0, 0.1) is 6.92 Å². The highest BCUT2D eigenvalue weighted by Crippen LogP contribution is 2.18. The second-order valence-electron chi connectivity index (χ2n) is 6.73. The van der Waals surface area contributed by atoms with Gasteiger partial charge in [0.2, 0.25) is 5.91 Å². The lowest BCUT2D eigenvalue weighted by Gasteiger charge is -2.23. The molecule has 2 heterocycles. The highest BCUT2D eigenvalue weighted by Gasteiger charge is 2.21. The van der Waals surface area contributed by atoms with Gasteiger partial charge < -0.3 is 15.1 Å². The van der Waals surface area contributed by atoms with E-state index < -0.39 is 0 Å². The quantitative estimate of drug-likeness (QED) is 0.592. The van der Waals surface area contributed by atoms with Crippen molar-refractivity contribution in [2.24, 2.45) is 0 Å². The second-order valence-corrected chi connectivity index (χ2v) is 8.05. The van der Waals surface area contributed by atoms with E-state index in [2.05, 4.69) is 15.6 Å². The zero-order chi connectivity index (χ0) is 20.8. The minimum absolute atomic E-state index is 0.181. The number of benzene rings is 1. The molecular formula is C21H24N4O3S. The predicted octanol–water partition coefficient (Wildman–Crippen LogP) is 3.43. The van der Waals surface area contributed by atoms with Gasteiger partial charge >= 0.3 is 0 Å². The standard InChI is InChI=1S/C21H24N4O3S/c1-14(25(3)13-17-12-22-15(2)29-17)20(26)24-19-9-5-4-8-18(19)21(27)23-11-16-7-6-10-28-16/h4-10,12,14H,11,13H2,1-3H3,(H,23,27)(H,24,26). The molecule has 152 valence electrons. The van der Waals surface area contributed by atoms with E-state index in [-0.39, 0.29) is 24.4 Å². The summed E-state index contributed by atoms with van der Waals surface area (Å²) < 4.78 is 5.23. The van der Waals surface area contributed by atoms with Gasteiger partial charge in [0.1, 0.15) is 5.76 Å². The van der Waals surface area contributed by atoms with Gasteiger partial charge in [0, 0.05) is 17.6 Å². The molecule has 0 aliphatic carbocycles. The third-order valence-electron chi connectivity index (χ3n) is 4.55. The van der Waals surface area contributed by atoms with E-state index in [9.17, 15) is 9.59 Å². The first-order valence-electron chi connectivity index (χ1n) is 9.26.